The van der Waals surface area contributed by atoms with Gasteiger partial charge in [0.05, 0.1) is 44.5 Å². The molecule has 32 heteroatoms. The number of hydrogen-bond acceptors (Lipinski definition) is 4. The summed E-state index contributed by atoms with van der Waals surface area (Å²) in [5.41, 5.74) is -13.6. The van der Waals surface area contributed by atoms with Crippen LogP contribution in [0.2, 0.25) is 0 Å². The Morgan fingerprint density at radius 1 is 0.216 bits per heavy atom. The number of benzene rings is 8. The normalized spacial score (nSPS) is 14.2. The van der Waals surface area contributed by atoms with Crippen molar-refractivity contribution in [2.45, 2.75) is 208 Å². The molecule has 0 aromatic heterocycles. The average molecular weight is 1840 g/mol. The van der Waals surface area contributed by atoms with Crippen molar-refractivity contribution >= 4 is 93.1 Å². The van der Waals surface area contributed by atoms with Gasteiger partial charge in [0.15, 0.2) is 0 Å². The number of rotatable bonds is 16. The summed E-state index contributed by atoms with van der Waals surface area (Å²) in [5, 5.41) is 0. The van der Waals surface area contributed by atoms with Gasteiger partial charge >= 0.3 is 76.7 Å². The van der Waals surface area contributed by atoms with E-state index < -0.39 is 195 Å². The first kappa shape index (κ1) is 95.0. The van der Waals surface area contributed by atoms with Gasteiger partial charge in [-0.1, -0.05) is 247 Å². The van der Waals surface area contributed by atoms with Crippen molar-refractivity contribution in [3.05, 3.63) is 259 Å². The van der Waals surface area contributed by atoms with E-state index >= 15 is 0 Å². The molecule has 8 aromatic rings. The van der Waals surface area contributed by atoms with Gasteiger partial charge < -0.3 is 19.2 Å². The molecule has 0 unspecified atom stereocenters. The van der Waals surface area contributed by atoms with Gasteiger partial charge in [-0.15, -0.1) is 0 Å². The van der Waals surface area contributed by atoms with Crippen LogP contribution in [0.5, 0.6) is 0 Å². The third kappa shape index (κ3) is 21.3. The van der Waals surface area contributed by atoms with Crippen molar-refractivity contribution in [2.75, 3.05) is 19.2 Å². The number of para-hydroxylation sites is 4. The Morgan fingerprint density at radius 2 is 0.336 bits per heavy atom. The van der Waals surface area contributed by atoms with Gasteiger partial charge in [-0.3, -0.25) is 0 Å². The second-order valence-electron chi connectivity index (χ2n) is 31.1. The van der Waals surface area contributed by atoms with Crippen LogP contribution in [-0.2, 0) is 49.4 Å². The molecule has 8 aromatic carbocycles. The zero-order valence-electron chi connectivity index (χ0n) is 66.0. The van der Waals surface area contributed by atoms with Gasteiger partial charge in [-0.05, 0) is 141 Å². The Bertz CT molecular complexity index is 4000. The summed E-state index contributed by atoms with van der Waals surface area (Å²) in [6.07, 6.45) is -45.9. The van der Waals surface area contributed by atoms with E-state index in [-0.39, 0.29) is 27.3 Å². The van der Waals surface area contributed by atoms with E-state index in [1.165, 1.54) is 67.3 Å². The number of alkyl halides is 24. The third-order valence-electron chi connectivity index (χ3n) is 20.1. The quantitative estimate of drug-likeness (QED) is 0.0706. The zero-order valence-corrected chi connectivity index (χ0v) is 70.4. The molecule has 0 amide bonds. The summed E-state index contributed by atoms with van der Waals surface area (Å²) in [6, 6.07) is 18.2. The first-order valence-electron chi connectivity index (χ1n) is 36.8. The maximum Gasteiger partial charge on any atom is 3.00 e. The molecule has 0 bridgehead atoms. The predicted molar refractivity (Wildman–Crippen MR) is 414 cm³/mol. The first-order valence-corrected chi connectivity index (χ1v) is 36.8. The van der Waals surface area contributed by atoms with E-state index in [0.29, 0.717) is 47.3 Å². The molecule has 4 nitrogen and oxygen atoms in total. The van der Waals surface area contributed by atoms with Crippen molar-refractivity contribution in [3.8, 4) is 0 Å². The zero-order chi connectivity index (χ0) is 86.5. The Hall–Kier alpha value is -8.12. The van der Waals surface area contributed by atoms with Crippen LogP contribution in [0.4, 0.5) is 128 Å². The topological polar surface area (TPSA) is 13.0 Å². The fraction of sp³-hybridized carbons (Fsp3) is 0.381. The molecule has 0 atom stereocenters. The van der Waals surface area contributed by atoms with Crippen LogP contribution in [0.25, 0.3) is 0 Å². The van der Waals surface area contributed by atoms with Crippen LogP contribution < -0.4 is 41.1 Å². The Balaban J connectivity index is 0.000000264. The van der Waals surface area contributed by atoms with Gasteiger partial charge in [-0.2, -0.15) is 127 Å². The minimum absolute atomic E-state index is 0. The van der Waals surface area contributed by atoms with Crippen molar-refractivity contribution in [1.29, 1.82) is 0 Å². The molecule has 620 valence electrons. The van der Waals surface area contributed by atoms with Crippen LogP contribution in [0.3, 0.4) is 0 Å². The summed E-state index contributed by atoms with van der Waals surface area (Å²) in [4.78, 5) is 9.30. The second-order valence-corrected chi connectivity index (χ2v) is 31.1. The number of anilines is 4. The largest absolute Gasteiger partial charge is 3.00 e. The van der Waals surface area contributed by atoms with Crippen molar-refractivity contribution in [2.24, 2.45) is 0 Å². The van der Waals surface area contributed by atoms with Crippen molar-refractivity contribution < 1.29 is 105 Å². The maximum atomic E-state index is 14.2. The SMILES string of the molecule is CC(C)c1cccc(C(C)C)c1N1[B-]N(c2c(C(C)C)cccc2C(C)C)C=C1.CC(C)c1cccc(C(C)C)c1N1[B-]N(c2c(C(C)C)cccc2C(C)C)C=C1.FC(F)(F)c1cc([B-](c2cc(C(F)(F)F)cc(C(F)(F)F)c2)(c2cc(C(F)(F)F)cc(C(F)(F)F)c2)c2cc(C(F)(F)F)cc(C(F)(F)F)c2)cc(C(F)(F)F)c1.[Tl+3]. The molecule has 10 rings (SSSR count). The molecule has 0 aliphatic carbocycles. The second kappa shape index (κ2) is 35.4. The van der Waals surface area contributed by atoms with Crippen LogP contribution in [0, 0.1) is 0 Å². The van der Waals surface area contributed by atoms with E-state index in [1.54, 1.807) is 0 Å². The number of hydrogen-bond donors (Lipinski definition) is 0. The summed E-state index contributed by atoms with van der Waals surface area (Å²) < 4.78 is 341. The monoisotopic (exact) mass is 1840 g/mol. The fourth-order valence-corrected chi connectivity index (χ4v) is 14.5. The molecule has 0 fully saturated rings. The number of halogens is 24. The summed E-state index contributed by atoms with van der Waals surface area (Å²) in [5.74, 6) is 3.84. The van der Waals surface area contributed by atoms with E-state index in [9.17, 15) is 105 Å². The summed E-state index contributed by atoms with van der Waals surface area (Å²) in [7, 11) is 4.53. The standard InChI is InChI=1S/C32H12BF24.2C26H36BN2.Tl/c34-25(35,36)13-1-14(26(37,38)39)6-21(5-13)33(22-7-15(27(40,41)42)2-16(8-22)28(43,44)45,23-9-17(29(46,47)48)3-18(10-23)30(49,50)51)24-11-19(31(52,53)54)4-20(12-24)32(55,56)57;2*1-17(2)21-11-9-12-22(18(3)4)25(21)28-15-16-29(27-28)26-23(19(5)6)13-10-14-24(26)20(7)8;/h1-12H;2*9-20H,1-8H3;/q3*-1;+3. The van der Waals surface area contributed by atoms with Crippen molar-refractivity contribution in [1.82, 2.24) is 0 Å². The average Bonchev–Trinajstić information content (AvgIpc) is 0.995. The van der Waals surface area contributed by atoms with Crippen LogP contribution in [0.1, 0.15) is 247 Å². The Labute approximate surface area is 681 Å². The molecule has 2 aliphatic heterocycles. The molecule has 0 saturated heterocycles. The Kier molecular flexibility index (Phi) is 29.0. The first-order chi connectivity index (χ1) is 52.7. The third-order valence-corrected chi connectivity index (χ3v) is 20.1. The summed E-state index contributed by atoms with van der Waals surface area (Å²) in [6.45, 7) is 36.5. The van der Waals surface area contributed by atoms with E-state index in [1.807, 2.05) is 0 Å². The maximum absolute atomic E-state index is 14.2. The van der Waals surface area contributed by atoms with Gasteiger partial charge in [0, 0.05) is 22.7 Å². The van der Waals surface area contributed by atoms with E-state index in [0.717, 1.165) is 0 Å². The summed E-state index contributed by atoms with van der Waals surface area (Å²) >= 11 is 0. The fourth-order valence-electron chi connectivity index (χ4n) is 14.5. The van der Waals surface area contributed by atoms with Crippen LogP contribution in [-0.4, -0.2) is 48.5 Å². The van der Waals surface area contributed by atoms with E-state index in [2.05, 4.69) is 243 Å². The number of nitrogens with zero attached hydrogens (tertiary/aromatic N) is 4. The molecule has 116 heavy (non-hydrogen) atoms. The smallest absolute Gasteiger partial charge is 0.564 e. The van der Waals surface area contributed by atoms with Crippen LogP contribution in [0.15, 0.2) is 170 Å². The van der Waals surface area contributed by atoms with Gasteiger partial charge in [-0.25, -0.2) is 0 Å². The predicted octanol–water partition coefficient (Wildman–Crippen LogP) is 25.9. The molecule has 0 saturated carbocycles. The minimum atomic E-state index is -6.13. The molecule has 4 radical (unpaired) electrons. The Morgan fingerprint density at radius 3 is 0.440 bits per heavy atom. The molecule has 2 aliphatic rings. The van der Waals surface area contributed by atoms with Crippen molar-refractivity contribution in [3.63, 3.8) is 0 Å². The molecular formula is C84H84B3F24N4Tl. The van der Waals surface area contributed by atoms with Gasteiger partial charge in [0.25, 0.3) is 0 Å². The van der Waals surface area contributed by atoms with Gasteiger partial charge in [0.1, 0.15) is 6.15 Å². The molecular weight excluding hydrogens is 1760 g/mol. The minimum Gasteiger partial charge on any atom is -0.564 e. The van der Waals surface area contributed by atoms with E-state index in [4.69, 9.17) is 0 Å². The molecule has 0 spiro atoms. The molecule has 2 heterocycles. The van der Waals surface area contributed by atoms with Gasteiger partial charge in [0.2, 0.25) is 0 Å². The van der Waals surface area contributed by atoms with Crippen LogP contribution >= 0.6 is 0 Å². The molecule has 0 N–H and O–H groups in total.